The maximum atomic E-state index is 5.49. The first-order valence-electron chi connectivity index (χ1n) is 4.06. The molecule has 1 aromatic rings. The first-order valence-corrected chi connectivity index (χ1v) is 4.86. The summed E-state index contributed by atoms with van der Waals surface area (Å²) in [5, 5.41) is 7.08. The van der Waals surface area contributed by atoms with E-state index in [1.807, 2.05) is 0 Å². The monoisotopic (exact) mass is 231 g/mol. The van der Waals surface area contributed by atoms with Gasteiger partial charge in [0.1, 0.15) is 0 Å². The Labute approximate surface area is 80.9 Å². The van der Waals surface area contributed by atoms with Crippen LogP contribution in [0.15, 0.2) is 4.47 Å². The first kappa shape index (κ1) is 9.74. The standard InChI is InChI=1S/C8H14BrN3/c1-5(2)3-6-8(9)7(4-10)12-11-6/h5H,3-4,10H2,1-2H3,(H,11,12). The Kier molecular flexibility index (Phi) is 3.29. The molecular formula is C8H14BrN3. The number of nitrogens with zero attached hydrogens (tertiary/aromatic N) is 1. The van der Waals surface area contributed by atoms with Crippen molar-refractivity contribution in [3.8, 4) is 0 Å². The Bertz CT molecular complexity index is 255. The highest BCUT2D eigenvalue weighted by molar-refractivity contribution is 9.10. The van der Waals surface area contributed by atoms with Crippen LogP contribution in [0.5, 0.6) is 0 Å². The number of nitrogens with two attached hydrogens (primary N) is 1. The van der Waals surface area contributed by atoms with Gasteiger partial charge in [0.25, 0.3) is 0 Å². The van der Waals surface area contributed by atoms with Crippen LogP contribution in [0.2, 0.25) is 0 Å². The van der Waals surface area contributed by atoms with Crippen LogP contribution in [0.25, 0.3) is 0 Å². The van der Waals surface area contributed by atoms with Crippen molar-refractivity contribution in [1.82, 2.24) is 10.2 Å². The number of aromatic amines is 1. The molecule has 3 N–H and O–H groups in total. The lowest BCUT2D eigenvalue weighted by atomic mass is 10.1. The zero-order valence-corrected chi connectivity index (χ0v) is 8.98. The van der Waals surface area contributed by atoms with E-state index in [1.54, 1.807) is 0 Å². The summed E-state index contributed by atoms with van der Waals surface area (Å²) in [6.07, 6.45) is 0.983. The Hall–Kier alpha value is -0.350. The molecule has 0 atom stereocenters. The van der Waals surface area contributed by atoms with E-state index in [-0.39, 0.29) is 0 Å². The van der Waals surface area contributed by atoms with Crippen molar-refractivity contribution in [3.63, 3.8) is 0 Å². The lowest BCUT2D eigenvalue weighted by molar-refractivity contribution is 0.632. The molecular weight excluding hydrogens is 218 g/mol. The van der Waals surface area contributed by atoms with Crippen LogP contribution in [0.4, 0.5) is 0 Å². The molecule has 12 heavy (non-hydrogen) atoms. The summed E-state index contributed by atoms with van der Waals surface area (Å²) in [6, 6.07) is 0. The number of halogens is 1. The molecule has 1 aromatic heterocycles. The molecule has 4 heteroatoms. The Morgan fingerprint density at radius 2 is 2.25 bits per heavy atom. The first-order chi connectivity index (χ1) is 5.65. The second kappa shape index (κ2) is 4.05. The third-order valence-corrected chi connectivity index (χ3v) is 2.59. The van der Waals surface area contributed by atoms with Crippen molar-refractivity contribution in [2.75, 3.05) is 0 Å². The minimum absolute atomic E-state index is 0.506. The molecule has 0 bridgehead atoms. The van der Waals surface area contributed by atoms with Crippen molar-refractivity contribution in [3.05, 3.63) is 15.9 Å². The summed E-state index contributed by atoms with van der Waals surface area (Å²) in [5.41, 5.74) is 7.55. The van der Waals surface area contributed by atoms with E-state index < -0.39 is 0 Å². The van der Waals surface area contributed by atoms with Gasteiger partial charge < -0.3 is 5.73 Å². The summed E-state index contributed by atoms with van der Waals surface area (Å²) in [7, 11) is 0. The van der Waals surface area contributed by atoms with Gasteiger partial charge in [-0.2, -0.15) is 5.10 Å². The topological polar surface area (TPSA) is 54.7 Å². The Morgan fingerprint density at radius 3 is 2.67 bits per heavy atom. The van der Waals surface area contributed by atoms with Crippen LogP contribution < -0.4 is 5.73 Å². The quantitative estimate of drug-likeness (QED) is 0.835. The third kappa shape index (κ3) is 2.08. The summed E-state index contributed by atoms with van der Waals surface area (Å²) >= 11 is 3.47. The van der Waals surface area contributed by atoms with Crippen LogP contribution in [0.3, 0.4) is 0 Å². The van der Waals surface area contributed by atoms with Crippen molar-refractivity contribution < 1.29 is 0 Å². The zero-order valence-electron chi connectivity index (χ0n) is 7.39. The van der Waals surface area contributed by atoms with E-state index in [9.17, 15) is 0 Å². The number of aromatic nitrogens is 2. The van der Waals surface area contributed by atoms with E-state index in [0.717, 1.165) is 22.3 Å². The fourth-order valence-electron chi connectivity index (χ4n) is 1.06. The average Bonchev–Trinajstić information content (AvgIpc) is 2.32. The van der Waals surface area contributed by atoms with Gasteiger partial charge in [-0.15, -0.1) is 0 Å². The zero-order chi connectivity index (χ0) is 9.14. The highest BCUT2D eigenvalue weighted by Gasteiger charge is 2.09. The smallest absolute Gasteiger partial charge is 0.0770 e. The minimum Gasteiger partial charge on any atom is -0.325 e. The molecule has 1 heterocycles. The van der Waals surface area contributed by atoms with Crippen molar-refractivity contribution in [2.45, 2.75) is 26.8 Å². The van der Waals surface area contributed by atoms with Gasteiger partial charge in [-0.05, 0) is 28.3 Å². The molecule has 3 nitrogen and oxygen atoms in total. The van der Waals surface area contributed by atoms with E-state index in [4.69, 9.17) is 5.73 Å². The second-order valence-electron chi connectivity index (χ2n) is 3.26. The molecule has 0 fully saturated rings. The molecule has 0 unspecified atom stereocenters. The van der Waals surface area contributed by atoms with E-state index in [1.165, 1.54) is 0 Å². The van der Waals surface area contributed by atoms with Crippen molar-refractivity contribution >= 4 is 15.9 Å². The summed E-state index contributed by atoms with van der Waals surface area (Å²) in [6.45, 7) is 4.85. The third-order valence-electron chi connectivity index (χ3n) is 1.65. The largest absolute Gasteiger partial charge is 0.325 e. The number of hydrogen-bond acceptors (Lipinski definition) is 2. The summed E-state index contributed by atoms with van der Waals surface area (Å²) in [5.74, 6) is 0.621. The van der Waals surface area contributed by atoms with Gasteiger partial charge in [-0.1, -0.05) is 13.8 Å². The lowest BCUT2D eigenvalue weighted by Crippen LogP contribution is -1.97. The number of hydrogen-bond donors (Lipinski definition) is 2. The predicted molar refractivity (Wildman–Crippen MR) is 52.7 cm³/mol. The Morgan fingerprint density at radius 1 is 1.58 bits per heavy atom. The van der Waals surface area contributed by atoms with Crippen molar-refractivity contribution in [1.29, 1.82) is 0 Å². The highest BCUT2D eigenvalue weighted by Crippen LogP contribution is 2.20. The molecule has 0 aliphatic rings. The molecule has 0 amide bonds. The highest BCUT2D eigenvalue weighted by atomic mass is 79.9. The Balaban J connectivity index is 2.80. The molecule has 1 rings (SSSR count). The average molecular weight is 232 g/mol. The molecule has 0 saturated carbocycles. The number of rotatable bonds is 3. The van der Waals surface area contributed by atoms with Gasteiger partial charge in [0.15, 0.2) is 0 Å². The molecule has 0 aromatic carbocycles. The summed E-state index contributed by atoms with van der Waals surface area (Å²) in [4.78, 5) is 0. The van der Waals surface area contributed by atoms with Gasteiger partial charge in [-0.3, -0.25) is 5.10 Å². The van der Waals surface area contributed by atoms with Crippen LogP contribution >= 0.6 is 15.9 Å². The molecule has 68 valence electrons. The predicted octanol–water partition coefficient (Wildman–Crippen LogP) is 1.83. The summed E-state index contributed by atoms with van der Waals surface area (Å²) < 4.78 is 1.04. The molecule has 0 saturated heterocycles. The molecule has 0 aliphatic carbocycles. The maximum Gasteiger partial charge on any atom is 0.0770 e. The molecule has 0 radical (unpaired) electrons. The van der Waals surface area contributed by atoms with Gasteiger partial charge in [-0.25, -0.2) is 0 Å². The van der Waals surface area contributed by atoms with Gasteiger partial charge >= 0.3 is 0 Å². The number of H-pyrrole nitrogens is 1. The van der Waals surface area contributed by atoms with Gasteiger partial charge in [0, 0.05) is 6.54 Å². The van der Waals surface area contributed by atoms with Crippen LogP contribution in [-0.2, 0) is 13.0 Å². The maximum absolute atomic E-state index is 5.49. The normalized spacial score (nSPS) is 11.1. The van der Waals surface area contributed by atoms with Crippen LogP contribution in [0, 0.1) is 5.92 Å². The van der Waals surface area contributed by atoms with Gasteiger partial charge in [0.2, 0.25) is 0 Å². The van der Waals surface area contributed by atoms with Crippen molar-refractivity contribution in [2.24, 2.45) is 11.7 Å². The molecule has 0 spiro atoms. The van der Waals surface area contributed by atoms with E-state index in [0.29, 0.717) is 12.5 Å². The molecule has 0 aliphatic heterocycles. The minimum atomic E-state index is 0.506. The van der Waals surface area contributed by atoms with Gasteiger partial charge in [0.05, 0.1) is 15.9 Å². The SMILES string of the molecule is CC(C)Cc1n[nH]c(CN)c1Br. The van der Waals surface area contributed by atoms with E-state index >= 15 is 0 Å². The second-order valence-corrected chi connectivity index (χ2v) is 4.06. The van der Waals surface area contributed by atoms with Crippen LogP contribution in [0.1, 0.15) is 25.2 Å². The lowest BCUT2D eigenvalue weighted by Gasteiger charge is -2.00. The van der Waals surface area contributed by atoms with E-state index in [2.05, 4.69) is 40.0 Å². The van der Waals surface area contributed by atoms with Crippen LogP contribution in [-0.4, -0.2) is 10.2 Å². The fourth-order valence-corrected chi connectivity index (χ4v) is 1.57. The fraction of sp³-hybridized carbons (Fsp3) is 0.625. The number of nitrogens with one attached hydrogen (secondary N) is 1.